The van der Waals surface area contributed by atoms with Gasteiger partial charge in [-0.3, -0.25) is 10.1 Å². The Morgan fingerprint density at radius 3 is 2.57 bits per heavy atom. The van der Waals surface area contributed by atoms with E-state index in [1.807, 2.05) is 6.07 Å². The molecule has 0 aliphatic rings. The fraction of sp³-hybridized carbons (Fsp3) is 0. The highest BCUT2D eigenvalue weighted by atomic mass is 79.9. The van der Waals surface area contributed by atoms with E-state index in [0.29, 0.717) is 20.5 Å². The molecule has 3 aromatic rings. The lowest BCUT2D eigenvalue weighted by molar-refractivity contribution is 0.102. The molecule has 0 aliphatic carbocycles. The van der Waals surface area contributed by atoms with Crippen LogP contribution in [0.5, 0.6) is 0 Å². The number of rotatable bonds is 3. The minimum atomic E-state index is -0.349. The number of anilines is 1. The van der Waals surface area contributed by atoms with Crippen LogP contribution >= 0.6 is 31.9 Å². The van der Waals surface area contributed by atoms with Gasteiger partial charge in [0.05, 0.1) is 5.56 Å². The zero-order valence-electron chi connectivity index (χ0n) is 10.3. The molecule has 0 fully saturated rings. The Morgan fingerprint density at radius 2 is 1.86 bits per heavy atom. The van der Waals surface area contributed by atoms with Crippen molar-refractivity contribution < 1.29 is 13.6 Å². The summed E-state index contributed by atoms with van der Waals surface area (Å²) in [4.78, 5) is 12.1. The van der Waals surface area contributed by atoms with Crippen molar-refractivity contribution in [1.82, 2.24) is 10.2 Å². The molecule has 0 unspecified atom stereocenters. The minimum absolute atomic E-state index is 0.00160. The summed E-state index contributed by atoms with van der Waals surface area (Å²) in [5, 5.41) is 10.1. The first-order valence-electron chi connectivity index (χ1n) is 5.78. The van der Waals surface area contributed by atoms with Gasteiger partial charge < -0.3 is 8.83 Å². The summed E-state index contributed by atoms with van der Waals surface area (Å²) < 4.78 is 11.9. The predicted molar refractivity (Wildman–Crippen MR) is 81.8 cm³/mol. The van der Waals surface area contributed by atoms with E-state index in [1.54, 1.807) is 30.3 Å². The Hall–Kier alpha value is -1.93. The van der Waals surface area contributed by atoms with Gasteiger partial charge in [-0.2, -0.15) is 0 Å². The number of benzene rings is 1. The van der Waals surface area contributed by atoms with Crippen molar-refractivity contribution in [1.29, 1.82) is 0 Å². The highest BCUT2D eigenvalue weighted by molar-refractivity contribution is 9.10. The first-order chi connectivity index (χ1) is 10.1. The van der Waals surface area contributed by atoms with Crippen molar-refractivity contribution in [2.24, 2.45) is 0 Å². The topological polar surface area (TPSA) is 81.2 Å². The molecule has 2 aromatic heterocycles. The molecule has 6 nitrogen and oxygen atoms in total. The Morgan fingerprint density at radius 1 is 1.05 bits per heavy atom. The lowest BCUT2D eigenvalue weighted by Crippen LogP contribution is -2.12. The zero-order valence-corrected chi connectivity index (χ0v) is 13.5. The van der Waals surface area contributed by atoms with Gasteiger partial charge in [0.15, 0.2) is 10.4 Å². The average molecular weight is 413 g/mol. The van der Waals surface area contributed by atoms with Crippen LogP contribution in [-0.4, -0.2) is 16.1 Å². The number of hydrogen-bond acceptors (Lipinski definition) is 5. The highest BCUT2D eigenvalue weighted by Gasteiger charge is 2.16. The molecule has 0 bridgehead atoms. The Bertz CT molecular complexity index is 797. The fourth-order valence-corrected chi connectivity index (χ4v) is 2.38. The number of nitrogens with one attached hydrogen (secondary N) is 1. The van der Waals surface area contributed by atoms with Crippen LogP contribution < -0.4 is 5.32 Å². The van der Waals surface area contributed by atoms with Crippen molar-refractivity contribution in [3.8, 4) is 11.7 Å². The van der Waals surface area contributed by atoms with E-state index in [0.717, 1.165) is 0 Å². The molecule has 21 heavy (non-hydrogen) atoms. The second-order valence-electron chi connectivity index (χ2n) is 3.95. The monoisotopic (exact) mass is 411 g/mol. The van der Waals surface area contributed by atoms with Crippen LogP contribution in [0.4, 0.5) is 6.01 Å². The zero-order chi connectivity index (χ0) is 14.8. The first-order valence-corrected chi connectivity index (χ1v) is 7.37. The average Bonchev–Trinajstić information content (AvgIpc) is 3.08. The van der Waals surface area contributed by atoms with Crippen LogP contribution in [0.3, 0.4) is 0 Å². The first kappa shape index (κ1) is 14.0. The molecule has 1 amide bonds. The van der Waals surface area contributed by atoms with Gasteiger partial charge in [0, 0.05) is 4.47 Å². The SMILES string of the molecule is O=C(Nc1nnc(-c2ccc(Br)o2)o1)c1ccccc1Br. The van der Waals surface area contributed by atoms with E-state index < -0.39 is 0 Å². The van der Waals surface area contributed by atoms with Gasteiger partial charge in [-0.05, 0) is 56.1 Å². The Labute approximate surface area is 135 Å². The number of amides is 1. The summed E-state index contributed by atoms with van der Waals surface area (Å²) in [7, 11) is 0. The largest absolute Gasteiger partial charge is 0.444 e. The quantitative estimate of drug-likeness (QED) is 0.700. The van der Waals surface area contributed by atoms with Gasteiger partial charge in [-0.15, -0.1) is 5.10 Å². The van der Waals surface area contributed by atoms with E-state index >= 15 is 0 Å². The number of furan rings is 1. The smallest absolute Gasteiger partial charge is 0.322 e. The number of nitrogens with zero attached hydrogens (tertiary/aromatic N) is 2. The fourth-order valence-electron chi connectivity index (χ4n) is 1.61. The Kier molecular flexibility index (Phi) is 3.89. The maximum atomic E-state index is 12.1. The lowest BCUT2D eigenvalue weighted by atomic mass is 10.2. The highest BCUT2D eigenvalue weighted by Crippen LogP contribution is 2.25. The van der Waals surface area contributed by atoms with Gasteiger partial charge in [0.2, 0.25) is 0 Å². The van der Waals surface area contributed by atoms with Crippen molar-refractivity contribution in [2.45, 2.75) is 0 Å². The molecule has 3 rings (SSSR count). The van der Waals surface area contributed by atoms with E-state index in [1.165, 1.54) is 0 Å². The van der Waals surface area contributed by atoms with Crippen molar-refractivity contribution in [3.63, 3.8) is 0 Å². The van der Waals surface area contributed by atoms with Crippen LogP contribution in [0.25, 0.3) is 11.7 Å². The molecular formula is C13H7Br2N3O3. The van der Waals surface area contributed by atoms with Gasteiger partial charge in [0.1, 0.15) is 0 Å². The number of carbonyl (C=O) groups excluding carboxylic acids is 1. The normalized spacial score (nSPS) is 10.6. The summed E-state index contributed by atoms with van der Waals surface area (Å²) in [5.41, 5.74) is 0.470. The van der Waals surface area contributed by atoms with Crippen molar-refractivity contribution in [2.75, 3.05) is 5.32 Å². The molecule has 8 heteroatoms. The molecule has 0 spiro atoms. The van der Waals surface area contributed by atoms with Crippen molar-refractivity contribution in [3.05, 3.63) is 51.1 Å². The molecular weight excluding hydrogens is 406 g/mol. The van der Waals surface area contributed by atoms with Gasteiger partial charge in [-0.1, -0.05) is 17.2 Å². The number of hydrogen-bond donors (Lipinski definition) is 1. The molecule has 2 heterocycles. The third kappa shape index (κ3) is 3.06. The van der Waals surface area contributed by atoms with E-state index in [2.05, 4.69) is 47.4 Å². The second kappa shape index (κ2) is 5.82. The molecule has 0 aliphatic heterocycles. The molecule has 106 valence electrons. The van der Waals surface area contributed by atoms with E-state index in [4.69, 9.17) is 8.83 Å². The summed E-state index contributed by atoms with van der Waals surface area (Å²) in [6.45, 7) is 0. The van der Waals surface area contributed by atoms with Crippen LogP contribution in [-0.2, 0) is 0 Å². The van der Waals surface area contributed by atoms with Gasteiger partial charge >= 0.3 is 6.01 Å². The number of carbonyl (C=O) groups is 1. The van der Waals surface area contributed by atoms with Crippen LogP contribution in [0.2, 0.25) is 0 Å². The standard InChI is InChI=1S/C13H7Br2N3O3/c14-8-4-2-1-3-7(8)11(19)16-13-18-17-12(21-13)9-5-6-10(15)20-9/h1-6H,(H,16,18,19). The maximum absolute atomic E-state index is 12.1. The van der Waals surface area contributed by atoms with E-state index in [9.17, 15) is 4.79 Å². The number of aromatic nitrogens is 2. The third-order valence-electron chi connectivity index (χ3n) is 2.55. The molecule has 1 aromatic carbocycles. The molecule has 0 radical (unpaired) electrons. The van der Waals surface area contributed by atoms with Crippen LogP contribution in [0.1, 0.15) is 10.4 Å². The summed E-state index contributed by atoms with van der Waals surface area (Å²) >= 11 is 6.49. The molecule has 0 saturated heterocycles. The minimum Gasteiger partial charge on any atom is -0.444 e. The summed E-state index contributed by atoms with van der Waals surface area (Å²) in [6.07, 6.45) is 0. The second-order valence-corrected chi connectivity index (χ2v) is 5.59. The van der Waals surface area contributed by atoms with E-state index in [-0.39, 0.29) is 17.8 Å². The maximum Gasteiger partial charge on any atom is 0.322 e. The summed E-state index contributed by atoms with van der Waals surface area (Å²) in [6, 6.07) is 10.4. The van der Waals surface area contributed by atoms with Crippen LogP contribution in [0, 0.1) is 0 Å². The molecule has 0 saturated carbocycles. The number of halogens is 2. The Balaban J connectivity index is 1.79. The van der Waals surface area contributed by atoms with Crippen LogP contribution in [0.15, 0.2) is 54.4 Å². The van der Waals surface area contributed by atoms with Gasteiger partial charge in [-0.25, -0.2) is 0 Å². The van der Waals surface area contributed by atoms with Gasteiger partial charge in [0.25, 0.3) is 11.8 Å². The van der Waals surface area contributed by atoms with Crippen molar-refractivity contribution >= 4 is 43.8 Å². The third-order valence-corrected chi connectivity index (χ3v) is 3.67. The predicted octanol–water partition coefficient (Wildman–Crippen LogP) is 4.11. The molecule has 1 N–H and O–H groups in total. The summed E-state index contributed by atoms with van der Waals surface area (Å²) in [5.74, 6) is 0.247. The molecule has 0 atom stereocenters. The lowest BCUT2D eigenvalue weighted by Gasteiger charge is -2.02.